The van der Waals surface area contributed by atoms with Crippen LogP contribution in [0.3, 0.4) is 0 Å². The van der Waals surface area contributed by atoms with Crippen molar-refractivity contribution in [3.05, 3.63) is 65.2 Å². The number of hydrogen-bond acceptors (Lipinski definition) is 6. The summed E-state index contributed by atoms with van der Waals surface area (Å²) in [6.07, 6.45) is 1.34. The van der Waals surface area contributed by atoms with E-state index in [-0.39, 0.29) is 6.54 Å². The predicted octanol–water partition coefficient (Wildman–Crippen LogP) is -0.110. The molecule has 0 radical (unpaired) electrons. The summed E-state index contributed by atoms with van der Waals surface area (Å²) in [4.78, 5) is 33.7. The van der Waals surface area contributed by atoms with E-state index in [0.717, 1.165) is 11.1 Å². The van der Waals surface area contributed by atoms with Crippen molar-refractivity contribution in [2.75, 3.05) is 6.61 Å². The highest BCUT2D eigenvalue weighted by Crippen LogP contribution is 2.10. The Hall–Kier alpha value is -3.68. The number of nitrogens with one attached hydrogen (secondary N) is 2. The minimum Gasteiger partial charge on any atom is -0.546 e. The van der Waals surface area contributed by atoms with Crippen molar-refractivity contribution in [2.45, 2.75) is 13.5 Å². The second-order valence-corrected chi connectivity index (χ2v) is 5.60. The summed E-state index contributed by atoms with van der Waals surface area (Å²) < 4.78 is 4.94. The molecule has 0 atom stereocenters. The van der Waals surface area contributed by atoms with Gasteiger partial charge < -0.3 is 20.0 Å². The highest BCUT2D eigenvalue weighted by molar-refractivity contribution is 6.35. The smallest absolute Gasteiger partial charge is 0.329 e. The summed E-state index contributed by atoms with van der Waals surface area (Å²) in [5, 5.41) is 16.5. The maximum atomic E-state index is 11.7. The molecule has 2 N–H and O–H groups in total. The molecule has 2 amide bonds. The first kappa shape index (κ1) is 19.6. The third-order valence-electron chi connectivity index (χ3n) is 3.40. The number of aliphatic carboxylic acids is 1. The van der Waals surface area contributed by atoms with Crippen LogP contribution >= 0.6 is 0 Å². The van der Waals surface area contributed by atoms with Gasteiger partial charge in [-0.1, -0.05) is 29.8 Å². The summed E-state index contributed by atoms with van der Waals surface area (Å²) in [6, 6.07) is 13.9. The number of carbonyl (C=O) groups excluding carboxylic acids is 3. The number of nitrogens with zero attached hydrogens (tertiary/aromatic N) is 1. The molecule has 0 saturated heterocycles. The van der Waals surface area contributed by atoms with Crippen LogP contribution in [0, 0.1) is 6.92 Å². The molecule has 0 bridgehead atoms. The number of aryl methyl sites for hydroxylation is 1. The molecule has 0 aromatic heterocycles. The second-order valence-electron chi connectivity index (χ2n) is 5.60. The van der Waals surface area contributed by atoms with Gasteiger partial charge in [0.25, 0.3) is 0 Å². The van der Waals surface area contributed by atoms with Crippen LogP contribution in [-0.4, -0.2) is 30.6 Å². The molecular formula is C19H18N3O5-. The summed E-state index contributed by atoms with van der Waals surface area (Å²) >= 11 is 0. The van der Waals surface area contributed by atoms with E-state index < -0.39 is 24.4 Å². The molecule has 0 unspecified atom stereocenters. The van der Waals surface area contributed by atoms with Crippen LogP contribution in [0.15, 0.2) is 53.6 Å². The molecule has 2 rings (SSSR count). The fourth-order valence-electron chi connectivity index (χ4n) is 1.98. The van der Waals surface area contributed by atoms with Crippen LogP contribution < -0.4 is 20.6 Å². The zero-order chi connectivity index (χ0) is 19.6. The zero-order valence-electron chi connectivity index (χ0n) is 14.6. The zero-order valence-corrected chi connectivity index (χ0v) is 14.6. The third-order valence-corrected chi connectivity index (χ3v) is 3.40. The topological polar surface area (TPSA) is 120 Å². The van der Waals surface area contributed by atoms with Gasteiger partial charge in [-0.05, 0) is 42.3 Å². The number of benzene rings is 2. The van der Waals surface area contributed by atoms with Crippen LogP contribution in [0.25, 0.3) is 0 Å². The number of carboxylic acid groups (broad SMARTS) is 1. The SMILES string of the molecule is Cc1ccc(CNC(=O)C(=O)N/N=C\c2ccc(OCC(=O)[O-])cc2)cc1. The van der Waals surface area contributed by atoms with Crippen molar-refractivity contribution in [1.82, 2.24) is 10.7 Å². The molecule has 0 aliphatic carbocycles. The van der Waals surface area contributed by atoms with Gasteiger partial charge in [-0.2, -0.15) is 5.10 Å². The number of carboxylic acids is 1. The molecule has 0 aliphatic rings. The molecule has 0 fully saturated rings. The molecular weight excluding hydrogens is 350 g/mol. The first-order valence-electron chi connectivity index (χ1n) is 8.03. The monoisotopic (exact) mass is 368 g/mol. The van der Waals surface area contributed by atoms with E-state index in [1.54, 1.807) is 24.3 Å². The molecule has 2 aromatic rings. The Morgan fingerprint density at radius 1 is 1.04 bits per heavy atom. The number of amides is 2. The minimum absolute atomic E-state index is 0.240. The third kappa shape index (κ3) is 6.99. The Labute approximate surface area is 155 Å². The first-order chi connectivity index (χ1) is 12.9. The van der Waals surface area contributed by atoms with Crippen LogP contribution in [0.4, 0.5) is 0 Å². The van der Waals surface area contributed by atoms with Crippen LogP contribution in [0.2, 0.25) is 0 Å². The number of rotatable bonds is 7. The largest absolute Gasteiger partial charge is 0.546 e. The Kier molecular flexibility index (Phi) is 7.07. The lowest BCUT2D eigenvalue weighted by Gasteiger charge is -2.06. The predicted molar refractivity (Wildman–Crippen MR) is 95.7 cm³/mol. The van der Waals surface area contributed by atoms with E-state index in [4.69, 9.17) is 4.74 Å². The maximum absolute atomic E-state index is 11.7. The van der Waals surface area contributed by atoms with E-state index in [0.29, 0.717) is 11.3 Å². The lowest BCUT2D eigenvalue weighted by Crippen LogP contribution is -2.37. The Bertz CT molecular complexity index is 829. The van der Waals surface area contributed by atoms with Crippen molar-refractivity contribution in [2.24, 2.45) is 5.10 Å². The highest BCUT2D eigenvalue weighted by Gasteiger charge is 2.11. The van der Waals surface area contributed by atoms with E-state index >= 15 is 0 Å². The van der Waals surface area contributed by atoms with Gasteiger partial charge in [-0.25, -0.2) is 5.43 Å². The van der Waals surface area contributed by atoms with Crippen LogP contribution in [-0.2, 0) is 20.9 Å². The summed E-state index contributed by atoms with van der Waals surface area (Å²) in [7, 11) is 0. The van der Waals surface area contributed by atoms with Gasteiger partial charge in [0.05, 0.1) is 12.2 Å². The standard InChI is InChI=1S/C19H19N3O5/c1-13-2-4-14(5-3-13)10-20-18(25)19(26)22-21-11-15-6-8-16(9-7-15)27-12-17(23)24/h2-9,11H,10,12H2,1H3,(H,20,25)(H,22,26)(H,23,24)/p-1/b21-11-. The van der Waals surface area contributed by atoms with E-state index in [1.807, 2.05) is 31.2 Å². The number of ether oxygens (including phenoxy) is 1. The fourth-order valence-corrected chi connectivity index (χ4v) is 1.98. The van der Waals surface area contributed by atoms with Crippen LogP contribution in [0.1, 0.15) is 16.7 Å². The van der Waals surface area contributed by atoms with Gasteiger partial charge >= 0.3 is 11.8 Å². The molecule has 27 heavy (non-hydrogen) atoms. The highest BCUT2D eigenvalue weighted by atomic mass is 16.5. The Morgan fingerprint density at radius 2 is 1.70 bits per heavy atom. The number of hydrazone groups is 1. The van der Waals surface area contributed by atoms with Gasteiger partial charge in [0.1, 0.15) is 12.4 Å². The van der Waals surface area contributed by atoms with Crippen molar-refractivity contribution in [3.8, 4) is 5.75 Å². The minimum atomic E-state index is -1.32. The average Bonchev–Trinajstić information content (AvgIpc) is 2.66. The maximum Gasteiger partial charge on any atom is 0.329 e. The average molecular weight is 368 g/mol. The van der Waals surface area contributed by atoms with Gasteiger partial charge in [0, 0.05) is 6.54 Å². The lowest BCUT2D eigenvalue weighted by atomic mass is 10.1. The van der Waals surface area contributed by atoms with Gasteiger partial charge in [-0.3, -0.25) is 9.59 Å². The molecule has 8 heteroatoms. The molecule has 140 valence electrons. The van der Waals surface area contributed by atoms with Gasteiger partial charge in [0.2, 0.25) is 0 Å². The Balaban J connectivity index is 1.77. The van der Waals surface area contributed by atoms with Crippen molar-refractivity contribution in [3.63, 3.8) is 0 Å². The van der Waals surface area contributed by atoms with E-state index in [1.165, 1.54) is 6.21 Å². The molecule has 8 nitrogen and oxygen atoms in total. The number of carbonyl (C=O) groups is 3. The molecule has 0 heterocycles. The summed E-state index contributed by atoms with van der Waals surface area (Å²) in [5.41, 5.74) is 4.74. The quantitative estimate of drug-likeness (QED) is 0.401. The fraction of sp³-hybridized carbons (Fsp3) is 0.158. The first-order valence-corrected chi connectivity index (χ1v) is 8.03. The van der Waals surface area contributed by atoms with E-state index in [9.17, 15) is 19.5 Å². The van der Waals surface area contributed by atoms with E-state index in [2.05, 4.69) is 15.8 Å². The second kappa shape index (κ2) is 9.71. The molecule has 0 aliphatic heterocycles. The molecule has 2 aromatic carbocycles. The molecule has 0 saturated carbocycles. The Morgan fingerprint density at radius 3 is 2.33 bits per heavy atom. The summed E-state index contributed by atoms with van der Waals surface area (Å²) in [6.45, 7) is 1.66. The van der Waals surface area contributed by atoms with Gasteiger partial charge in [0.15, 0.2) is 0 Å². The lowest BCUT2D eigenvalue weighted by molar-refractivity contribution is -0.307. The van der Waals surface area contributed by atoms with Crippen LogP contribution in [0.5, 0.6) is 5.75 Å². The normalized spacial score (nSPS) is 10.4. The van der Waals surface area contributed by atoms with Gasteiger partial charge in [-0.15, -0.1) is 0 Å². The van der Waals surface area contributed by atoms with Crippen molar-refractivity contribution in [1.29, 1.82) is 0 Å². The number of hydrogen-bond donors (Lipinski definition) is 2. The molecule has 0 spiro atoms. The summed E-state index contributed by atoms with van der Waals surface area (Å²) in [5.74, 6) is -2.63. The van der Waals surface area contributed by atoms with Crippen molar-refractivity contribution >= 4 is 24.0 Å². The van der Waals surface area contributed by atoms with Crippen molar-refractivity contribution < 1.29 is 24.2 Å².